The van der Waals surface area contributed by atoms with Crippen LogP contribution in [0.4, 0.5) is 4.79 Å². The monoisotopic (exact) mass is 308 g/mol. The van der Waals surface area contributed by atoms with Gasteiger partial charge >= 0.3 is 6.16 Å². The Hall–Kier alpha value is -1.49. The van der Waals surface area contributed by atoms with Crippen molar-refractivity contribution in [3.8, 4) is 0 Å². The van der Waals surface area contributed by atoms with Crippen molar-refractivity contribution in [2.45, 2.75) is 44.0 Å². The molecule has 5 heteroatoms. The zero-order valence-electron chi connectivity index (χ0n) is 12.1. The van der Waals surface area contributed by atoms with E-state index < -0.39 is 6.16 Å². The molecule has 0 aliphatic heterocycles. The van der Waals surface area contributed by atoms with E-state index in [-0.39, 0.29) is 16.5 Å². The van der Waals surface area contributed by atoms with Gasteiger partial charge in [0.15, 0.2) is 0 Å². The molecule has 2 unspecified atom stereocenters. The summed E-state index contributed by atoms with van der Waals surface area (Å²) in [5, 5.41) is 0.0378. The quantitative estimate of drug-likeness (QED) is 0.786. The van der Waals surface area contributed by atoms with Crippen LogP contribution >= 0.6 is 11.8 Å². The van der Waals surface area contributed by atoms with Crippen LogP contribution in [-0.4, -0.2) is 29.2 Å². The summed E-state index contributed by atoms with van der Waals surface area (Å²) in [5.41, 5.74) is 0.683. The fourth-order valence-electron chi connectivity index (χ4n) is 2.39. The van der Waals surface area contributed by atoms with E-state index in [0.29, 0.717) is 12.2 Å². The van der Waals surface area contributed by atoms with Crippen LogP contribution in [0.25, 0.3) is 0 Å². The number of carbonyl (C=O) groups is 2. The summed E-state index contributed by atoms with van der Waals surface area (Å²) in [6.45, 7) is 2.04. The summed E-state index contributed by atoms with van der Waals surface area (Å²) in [7, 11) is 0. The number of benzene rings is 1. The molecule has 1 fully saturated rings. The number of ether oxygens (including phenoxy) is 2. The Kier molecular flexibility index (Phi) is 6.11. The minimum atomic E-state index is -0.637. The maximum Gasteiger partial charge on any atom is 0.508 e. The van der Waals surface area contributed by atoms with Gasteiger partial charge in [0, 0.05) is 10.8 Å². The third kappa shape index (κ3) is 4.77. The predicted molar refractivity (Wildman–Crippen MR) is 82.5 cm³/mol. The van der Waals surface area contributed by atoms with Gasteiger partial charge in [0.1, 0.15) is 6.10 Å². The van der Waals surface area contributed by atoms with Crippen LogP contribution in [0.5, 0.6) is 0 Å². The van der Waals surface area contributed by atoms with Crippen molar-refractivity contribution in [2.24, 2.45) is 0 Å². The first kappa shape index (κ1) is 15.9. The molecule has 0 heterocycles. The van der Waals surface area contributed by atoms with E-state index in [1.807, 2.05) is 18.2 Å². The molecule has 2 atom stereocenters. The molecule has 0 spiro atoms. The van der Waals surface area contributed by atoms with E-state index in [1.165, 1.54) is 11.8 Å². The third-order valence-corrected chi connectivity index (χ3v) is 4.71. The number of carbonyl (C=O) groups excluding carboxylic acids is 2. The van der Waals surface area contributed by atoms with Gasteiger partial charge in [-0.1, -0.05) is 48.5 Å². The molecule has 0 amide bonds. The van der Waals surface area contributed by atoms with Crippen LogP contribution in [0.3, 0.4) is 0 Å². The fourth-order valence-corrected chi connectivity index (χ4v) is 3.56. The van der Waals surface area contributed by atoms with Gasteiger partial charge in [-0.2, -0.15) is 0 Å². The third-order valence-electron chi connectivity index (χ3n) is 3.42. The van der Waals surface area contributed by atoms with Gasteiger partial charge in [0.25, 0.3) is 0 Å². The largest absolute Gasteiger partial charge is 0.508 e. The van der Waals surface area contributed by atoms with E-state index in [4.69, 9.17) is 9.47 Å². The normalized spacial score (nSPS) is 21.6. The standard InChI is InChI=1S/C16H20O4S/c1-2-19-16(18)20-13-10-6-7-11-14(13)21-15(17)12-8-4-3-5-9-12/h3-5,8-9,13-14H,2,6-7,10-11H2,1H3. The molecular weight excluding hydrogens is 288 g/mol. The predicted octanol–water partition coefficient (Wildman–Crippen LogP) is 4.04. The summed E-state index contributed by atoms with van der Waals surface area (Å²) in [6, 6.07) is 9.19. The average Bonchev–Trinajstić information content (AvgIpc) is 2.50. The Labute approximate surface area is 129 Å². The molecule has 0 N–H and O–H groups in total. The second-order valence-electron chi connectivity index (χ2n) is 4.93. The average molecular weight is 308 g/mol. The lowest BCUT2D eigenvalue weighted by molar-refractivity contribution is 0.0162. The highest BCUT2D eigenvalue weighted by Gasteiger charge is 2.31. The van der Waals surface area contributed by atoms with Crippen molar-refractivity contribution in [1.82, 2.24) is 0 Å². The molecule has 1 aromatic rings. The van der Waals surface area contributed by atoms with E-state index in [9.17, 15) is 9.59 Å². The first-order chi connectivity index (χ1) is 10.2. The summed E-state index contributed by atoms with van der Waals surface area (Å²) in [5.74, 6) is 0. The topological polar surface area (TPSA) is 52.6 Å². The molecule has 0 bridgehead atoms. The van der Waals surface area contributed by atoms with E-state index in [0.717, 1.165) is 25.7 Å². The number of hydrogen-bond donors (Lipinski definition) is 0. The molecule has 0 saturated heterocycles. The van der Waals surface area contributed by atoms with Crippen molar-refractivity contribution in [2.75, 3.05) is 6.61 Å². The van der Waals surface area contributed by atoms with Crippen molar-refractivity contribution in [3.05, 3.63) is 35.9 Å². The molecule has 0 aromatic heterocycles. The minimum absolute atomic E-state index is 0.0101. The van der Waals surface area contributed by atoms with Gasteiger partial charge in [0.05, 0.1) is 6.61 Å². The lowest BCUT2D eigenvalue weighted by atomic mass is 9.97. The smallest absolute Gasteiger partial charge is 0.435 e. The molecule has 1 aliphatic carbocycles. The Morgan fingerprint density at radius 2 is 1.90 bits per heavy atom. The maximum atomic E-state index is 12.3. The summed E-state index contributed by atoms with van der Waals surface area (Å²) in [4.78, 5) is 23.7. The zero-order chi connectivity index (χ0) is 15.1. The van der Waals surface area contributed by atoms with Gasteiger partial charge in [-0.05, 0) is 26.2 Å². The van der Waals surface area contributed by atoms with Gasteiger partial charge in [-0.25, -0.2) is 4.79 Å². The summed E-state index contributed by atoms with van der Waals surface area (Å²) < 4.78 is 10.2. The van der Waals surface area contributed by atoms with Crippen molar-refractivity contribution in [1.29, 1.82) is 0 Å². The molecular formula is C16H20O4S. The maximum absolute atomic E-state index is 12.3. The second kappa shape index (κ2) is 8.08. The van der Waals surface area contributed by atoms with Crippen LogP contribution in [0, 0.1) is 0 Å². The Morgan fingerprint density at radius 3 is 2.62 bits per heavy atom. The molecule has 114 valence electrons. The van der Waals surface area contributed by atoms with Crippen molar-refractivity contribution < 1.29 is 19.1 Å². The van der Waals surface area contributed by atoms with Crippen LogP contribution < -0.4 is 0 Å². The van der Waals surface area contributed by atoms with E-state index in [1.54, 1.807) is 19.1 Å². The number of hydrogen-bond acceptors (Lipinski definition) is 5. The molecule has 21 heavy (non-hydrogen) atoms. The van der Waals surface area contributed by atoms with Crippen LogP contribution in [0.1, 0.15) is 43.0 Å². The van der Waals surface area contributed by atoms with E-state index in [2.05, 4.69) is 0 Å². The molecule has 1 aromatic carbocycles. The molecule has 0 radical (unpaired) electrons. The molecule has 2 rings (SSSR count). The summed E-state index contributed by atoms with van der Waals surface area (Å²) >= 11 is 1.27. The highest BCUT2D eigenvalue weighted by Crippen LogP contribution is 2.33. The Bertz CT molecular complexity index is 474. The molecule has 4 nitrogen and oxygen atoms in total. The van der Waals surface area contributed by atoms with Gasteiger partial charge < -0.3 is 9.47 Å². The molecule has 1 saturated carbocycles. The lowest BCUT2D eigenvalue weighted by Gasteiger charge is -2.29. The van der Waals surface area contributed by atoms with Crippen LogP contribution in [0.2, 0.25) is 0 Å². The molecule has 1 aliphatic rings. The number of thioether (sulfide) groups is 1. The Morgan fingerprint density at radius 1 is 1.19 bits per heavy atom. The first-order valence-electron chi connectivity index (χ1n) is 7.30. The minimum Gasteiger partial charge on any atom is -0.435 e. The zero-order valence-corrected chi connectivity index (χ0v) is 12.9. The lowest BCUT2D eigenvalue weighted by Crippen LogP contribution is -2.33. The summed E-state index contributed by atoms with van der Waals surface area (Å²) in [6.07, 6.45) is 2.87. The highest BCUT2D eigenvalue weighted by atomic mass is 32.2. The Balaban J connectivity index is 1.95. The number of rotatable bonds is 4. The van der Waals surface area contributed by atoms with Gasteiger partial charge in [-0.3, -0.25) is 4.79 Å². The first-order valence-corrected chi connectivity index (χ1v) is 8.18. The van der Waals surface area contributed by atoms with Gasteiger partial charge in [0.2, 0.25) is 5.12 Å². The fraction of sp³-hybridized carbons (Fsp3) is 0.500. The van der Waals surface area contributed by atoms with Gasteiger partial charge in [-0.15, -0.1) is 0 Å². The van der Waals surface area contributed by atoms with Crippen LogP contribution in [-0.2, 0) is 9.47 Å². The second-order valence-corrected chi connectivity index (χ2v) is 6.15. The van der Waals surface area contributed by atoms with Crippen LogP contribution in [0.15, 0.2) is 30.3 Å². The van der Waals surface area contributed by atoms with E-state index >= 15 is 0 Å². The van der Waals surface area contributed by atoms with Crippen molar-refractivity contribution in [3.63, 3.8) is 0 Å². The SMILES string of the molecule is CCOC(=O)OC1CCCCC1SC(=O)c1ccccc1. The van der Waals surface area contributed by atoms with Crippen molar-refractivity contribution >= 4 is 23.0 Å². The highest BCUT2D eigenvalue weighted by molar-refractivity contribution is 8.14.